The van der Waals surface area contributed by atoms with E-state index in [1.165, 1.54) is 11.1 Å². The second-order valence-electron chi connectivity index (χ2n) is 5.77. The van der Waals surface area contributed by atoms with Crippen molar-refractivity contribution in [3.05, 3.63) is 52.6 Å². The van der Waals surface area contributed by atoms with Crippen LogP contribution in [-0.2, 0) is 0 Å². The molecule has 24 heavy (non-hydrogen) atoms. The SMILES string of the molecule is Clc1cccc(Cl)c1Sc1c[nH]c2ccc(N3CCNCC3)cc12. The monoisotopic (exact) mass is 377 g/mol. The number of fused-ring (bicyclic) bond motifs is 1. The molecule has 3 nitrogen and oxygen atoms in total. The molecule has 0 aliphatic carbocycles. The molecular weight excluding hydrogens is 361 g/mol. The second kappa shape index (κ2) is 6.89. The van der Waals surface area contributed by atoms with E-state index in [1.54, 1.807) is 11.8 Å². The Kier molecular flexibility index (Phi) is 4.63. The summed E-state index contributed by atoms with van der Waals surface area (Å²) in [5.74, 6) is 0. The van der Waals surface area contributed by atoms with Crippen molar-refractivity contribution in [3.63, 3.8) is 0 Å². The lowest BCUT2D eigenvalue weighted by Crippen LogP contribution is -2.43. The maximum atomic E-state index is 6.32. The summed E-state index contributed by atoms with van der Waals surface area (Å²) in [6.45, 7) is 4.13. The fourth-order valence-electron chi connectivity index (χ4n) is 2.98. The molecule has 0 saturated carbocycles. The van der Waals surface area contributed by atoms with E-state index in [1.807, 2.05) is 24.4 Å². The molecule has 4 rings (SSSR count). The molecule has 1 fully saturated rings. The van der Waals surface area contributed by atoms with Crippen LogP contribution in [0.1, 0.15) is 0 Å². The first-order valence-corrected chi connectivity index (χ1v) is 9.48. The lowest BCUT2D eigenvalue weighted by atomic mass is 10.2. The molecule has 2 aromatic carbocycles. The molecule has 0 atom stereocenters. The first-order valence-electron chi connectivity index (χ1n) is 7.91. The van der Waals surface area contributed by atoms with Crippen LogP contribution in [0.3, 0.4) is 0 Å². The molecule has 1 aliphatic rings. The molecule has 0 amide bonds. The van der Waals surface area contributed by atoms with Crippen LogP contribution in [0.25, 0.3) is 10.9 Å². The number of piperazine rings is 1. The highest BCUT2D eigenvalue weighted by Crippen LogP contribution is 2.41. The summed E-state index contributed by atoms with van der Waals surface area (Å²) < 4.78 is 0. The van der Waals surface area contributed by atoms with Crippen molar-refractivity contribution in [2.75, 3.05) is 31.1 Å². The van der Waals surface area contributed by atoms with Crippen LogP contribution in [0, 0.1) is 0 Å². The quantitative estimate of drug-likeness (QED) is 0.670. The summed E-state index contributed by atoms with van der Waals surface area (Å²) in [4.78, 5) is 7.79. The third-order valence-electron chi connectivity index (χ3n) is 4.24. The molecule has 2 N–H and O–H groups in total. The molecular formula is C18H17Cl2N3S. The average Bonchev–Trinajstić information content (AvgIpc) is 3.01. The number of anilines is 1. The smallest absolute Gasteiger partial charge is 0.0560 e. The summed E-state index contributed by atoms with van der Waals surface area (Å²) in [5, 5.41) is 5.95. The Morgan fingerprint density at radius 2 is 1.75 bits per heavy atom. The van der Waals surface area contributed by atoms with E-state index in [9.17, 15) is 0 Å². The van der Waals surface area contributed by atoms with E-state index in [-0.39, 0.29) is 0 Å². The summed E-state index contributed by atoms with van der Waals surface area (Å²) in [7, 11) is 0. The summed E-state index contributed by atoms with van der Waals surface area (Å²) in [6, 6.07) is 12.2. The van der Waals surface area contributed by atoms with Gasteiger partial charge < -0.3 is 15.2 Å². The normalized spacial score (nSPS) is 15.2. The number of nitrogens with one attached hydrogen (secondary N) is 2. The highest BCUT2D eigenvalue weighted by atomic mass is 35.5. The maximum Gasteiger partial charge on any atom is 0.0560 e. The number of H-pyrrole nitrogens is 1. The van der Waals surface area contributed by atoms with Gasteiger partial charge in [-0.05, 0) is 30.3 Å². The Hall–Kier alpha value is -1.33. The highest BCUT2D eigenvalue weighted by Gasteiger charge is 2.14. The fraction of sp³-hybridized carbons (Fsp3) is 0.222. The molecule has 0 unspecified atom stereocenters. The Labute approximate surface area is 155 Å². The Morgan fingerprint density at radius 3 is 2.50 bits per heavy atom. The number of benzene rings is 2. The minimum absolute atomic E-state index is 0.681. The molecule has 0 spiro atoms. The Balaban J connectivity index is 1.70. The molecule has 2 heterocycles. The molecule has 124 valence electrons. The van der Waals surface area contributed by atoms with Gasteiger partial charge in [-0.3, -0.25) is 0 Å². The lowest BCUT2D eigenvalue weighted by Gasteiger charge is -2.29. The number of aromatic nitrogens is 1. The highest BCUT2D eigenvalue weighted by molar-refractivity contribution is 7.99. The van der Waals surface area contributed by atoms with Gasteiger partial charge in [0.25, 0.3) is 0 Å². The zero-order chi connectivity index (χ0) is 16.5. The van der Waals surface area contributed by atoms with Crippen molar-refractivity contribution in [1.82, 2.24) is 10.3 Å². The number of hydrogen-bond acceptors (Lipinski definition) is 3. The van der Waals surface area contributed by atoms with Crippen LogP contribution < -0.4 is 10.2 Å². The van der Waals surface area contributed by atoms with Crippen LogP contribution >= 0.6 is 35.0 Å². The summed E-state index contributed by atoms with van der Waals surface area (Å²) in [5.41, 5.74) is 2.38. The summed E-state index contributed by atoms with van der Waals surface area (Å²) in [6.07, 6.45) is 2.02. The number of halogens is 2. The molecule has 3 aromatic rings. The van der Waals surface area contributed by atoms with Crippen molar-refractivity contribution >= 4 is 51.6 Å². The lowest BCUT2D eigenvalue weighted by molar-refractivity contribution is 0.589. The van der Waals surface area contributed by atoms with Gasteiger partial charge in [-0.2, -0.15) is 0 Å². The van der Waals surface area contributed by atoms with Crippen LogP contribution in [0.5, 0.6) is 0 Å². The maximum absolute atomic E-state index is 6.32. The molecule has 0 radical (unpaired) electrons. The van der Waals surface area contributed by atoms with Gasteiger partial charge in [0.1, 0.15) is 0 Å². The Bertz CT molecular complexity index is 852. The minimum Gasteiger partial charge on any atom is -0.369 e. The fourth-order valence-corrected chi connectivity index (χ4v) is 4.55. The predicted molar refractivity (Wildman–Crippen MR) is 104 cm³/mol. The van der Waals surface area contributed by atoms with Crippen molar-refractivity contribution < 1.29 is 0 Å². The van der Waals surface area contributed by atoms with Crippen molar-refractivity contribution in [2.45, 2.75) is 9.79 Å². The first-order chi connectivity index (χ1) is 11.7. The minimum atomic E-state index is 0.681. The van der Waals surface area contributed by atoms with E-state index in [0.717, 1.165) is 41.5 Å². The number of aromatic amines is 1. The summed E-state index contributed by atoms with van der Waals surface area (Å²) >= 11 is 14.2. The topological polar surface area (TPSA) is 31.1 Å². The van der Waals surface area contributed by atoms with Gasteiger partial charge in [-0.15, -0.1) is 0 Å². The van der Waals surface area contributed by atoms with Crippen molar-refractivity contribution in [2.24, 2.45) is 0 Å². The predicted octanol–water partition coefficient (Wildman–Crippen LogP) is 5.04. The molecule has 1 aliphatic heterocycles. The van der Waals surface area contributed by atoms with Crippen LogP contribution in [0.4, 0.5) is 5.69 Å². The van der Waals surface area contributed by atoms with Gasteiger partial charge >= 0.3 is 0 Å². The standard InChI is InChI=1S/C18H17Cl2N3S/c19-14-2-1-3-15(20)18(14)24-17-11-22-16-5-4-12(10-13(16)17)23-8-6-21-7-9-23/h1-5,10-11,21-22H,6-9H2. The molecule has 1 saturated heterocycles. The van der Waals surface area contributed by atoms with Crippen LogP contribution in [0.15, 0.2) is 52.4 Å². The van der Waals surface area contributed by atoms with Gasteiger partial charge in [0.15, 0.2) is 0 Å². The third kappa shape index (κ3) is 3.11. The van der Waals surface area contributed by atoms with Crippen molar-refractivity contribution in [1.29, 1.82) is 0 Å². The largest absolute Gasteiger partial charge is 0.369 e. The van der Waals surface area contributed by atoms with Gasteiger partial charge in [0, 0.05) is 58.8 Å². The van der Waals surface area contributed by atoms with E-state index in [4.69, 9.17) is 23.2 Å². The zero-order valence-electron chi connectivity index (χ0n) is 13.0. The second-order valence-corrected chi connectivity index (χ2v) is 7.64. The van der Waals surface area contributed by atoms with Crippen LogP contribution in [-0.4, -0.2) is 31.2 Å². The Morgan fingerprint density at radius 1 is 1.00 bits per heavy atom. The van der Waals surface area contributed by atoms with E-state index in [2.05, 4.69) is 33.4 Å². The van der Waals surface area contributed by atoms with Crippen LogP contribution in [0.2, 0.25) is 10.0 Å². The molecule has 6 heteroatoms. The molecule has 1 aromatic heterocycles. The van der Waals surface area contributed by atoms with Gasteiger partial charge in [0.2, 0.25) is 0 Å². The van der Waals surface area contributed by atoms with E-state index in [0.29, 0.717) is 10.0 Å². The van der Waals surface area contributed by atoms with Gasteiger partial charge in [-0.25, -0.2) is 0 Å². The average molecular weight is 378 g/mol. The molecule has 0 bridgehead atoms. The first kappa shape index (κ1) is 16.2. The number of rotatable bonds is 3. The number of hydrogen-bond donors (Lipinski definition) is 2. The van der Waals surface area contributed by atoms with Gasteiger partial charge in [-0.1, -0.05) is 41.0 Å². The number of nitrogens with zero attached hydrogens (tertiary/aromatic N) is 1. The van der Waals surface area contributed by atoms with Crippen molar-refractivity contribution in [3.8, 4) is 0 Å². The van der Waals surface area contributed by atoms with E-state index >= 15 is 0 Å². The third-order valence-corrected chi connectivity index (χ3v) is 6.30. The van der Waals surface area contributed by atoms with Gasteiger partial charge in [0.05, 0.1) is 10.0 Å². The zero-order valence-corrected chi connectivity index (χ0v) is 15.3. The van der Waals surface area contributed by atoms with E-state index < -0.39 is 0 Å².